The molecule has 125 heavy (non-hydrogen) atoms. The fourth-order valence-corrected chi connectivity index (χ4v) is 28.8. The zero-order valence-electron chi connectivity index (χ0n) is 71.3. The van der Waals surface area contributed by atoms with E-state index in [1.807, 2.05) is 6.07 Å². The normalized spacial score (nSPS) is 15.4. The average Bonchev–Trinajstić information content (AvgIpc) is 1.71. The molecule has 2 radical (unpaired) electrons. The van der Waals surface area contributed by atoms with Crippen molar-refractivity contribution in [2.45, 2.75) is 51.4 Å². The van der Waals surface area contributed by atoms with Crippen molar-refractivity contribution in [3.8, 4) is 23.0 Å². The zero-order chi connectivity index (χ0) is 85.8. The number of ether oxygens (including phenoxy) is 4. The van der Waals surface area contributed by atoms with E-state index in [-0.39, 0.29) is 23.7 Å². The van der Waals surface area contributed by atoms with E-state index in [9.17, 15) is 0 Å². The summed E-state index contributed by atoms with van der Waals surface area (Å²) >= 11 is -2.02. The van der Waals surface area contributed by atoms with Gasteiger partial charge in [0.15, 0.2) is 0 Å². The summed E-state index contributed by atoms with van der Waals surface area (Å²) in [5.41, 5.74) is 21.7. The number of fused-ring (bicyclic) bond motifs is 12. The van der Waals surface area contributed by atoms with Gasteiger partial charge in [0.05, 0.1) is 14.2 Å². The summed E-state index contributed by atoms with van der Waals surface area (Å²) in [6.07, 6.45) is 36.5. The fraction of sp³-hybridized carbons (Fsp3) is 0.103. The maximum atomic E-state index is 6.14. The molecule has 0 saturated carbocycles. The van der Waals surface area contributed by atoms with Gasteiger partial charge in [0.2, 0.25) is 0 Å². The Bertz CT molecular complexity index is 6760. The average molecular weight is 1860 g/mol. The summed E-state index contributed by atoms with van der Waals surface area (Å²) in [4.78, 5) is 0. The van der Waals surface area contributed by atoms with Gasteiger partial charge in [0, 0.05) is 21.5 Å². The van der Waals surface area contributed by atoms with Crippen LogP contribution in [0.5, 0.6) is 23.0 Å². The molecule has 0 fully saturated rings. The van der Waals surface area contributed by atoms with Gasteiger partial charge >= 0.3 is 453 Å². The Labute approximate surface area is 764 Å². The maximum absolute atomic E-state index is 6.14. The van der Waals surface area contributed by atoms with Gasteiger partial charge in [0.1, 0.15) is 11.5 Å². The molecule has 0 bridgehead atoms. The van der Waals surface area contributed by atoms with E-state index < -0.39 is 35.2 Å². The Hall–Kier alpha value is -11.8. The summed E-state index contributed by atoms with van der Waals surface area (Å²) in [6, 6.07) is 106. The van der Waals surface area contributed by atoms with Crippen molar-refractivity contribution >= 4 is 176 Å². The van der Waals surface area contributed by atoms with Crippen LogP contribution in [0.2, 0.25) is 0 Å². The second-order valence-electron chi connectivity index (χ2n) is 32.5. The van der Waals surface area contributed by atoms with Crippen molar-refractivity contribution in [1.29, 1.82) is 0 Å². The molecule has 0 heterocycles. The van der Waals surface area contributed by atoms with Crippen molar-refractivity contribution in [2.75, 3.05) is 28.4 Å². The van der Waals surface area contributed by atoms with Crippen molar-refractivity contribution in [1.82, 2.24) is 0 Å². The molecule has 0 amide bonds. The SMILES string of the molecule is COc1c2ccccc2c(C2C=CC=Cc3[cH-]c(C)cc32)c2ccccc12.COc1c2ccccc2c(C2C=CC=Cc3[cH-]c(C)cc32)c2ccccc12.COc1c2ccccc2c(C2C=CC=Cc3c2cc(C)[c-]3[GeH]([c]2ccccc2)[c-]2c(C)cc3c2C=CC=CC3c2c3ccccc3c(OC)c3ccccc23)c2ccccc12.[Cl][Zr][Cl].[GeH][c]1ccccc1. The third-order valence-corrected chi connectivity index (χ3v) is 34.0. The second-order valence-corrected chi connectivity index (χ2v) is 43.2. The number of halogens is 2. The molecule has 18 aromatic carbocycles. The number of hydrogen-bond acceptors (Lipinski definition) is 4. The molecule has 0 aliphatic heterocycles. The molecule has 0 saturated heterocycles. The second kappa shape index (κ2) is 37.6. The molecule has 18 aromatic rings. The van der Waals surface area contributed by atoms with Crippen LogP contribution < -0.4 is 36.5 Å². The van der Waals surface area contributed by atoms with E-state index in [2.05, 4.69) is 410 Å². The summed E-state index contributed by atoms with van der Waals surface area (Å²) in [7, 11) is 17.0. The molecule has 9 heteroatoms. The van der Waals surface area contributed by atoms with Crippen LogP contribution in [-0.4, -0.2) is 59.3 Å². The Morgan fingerprint density at radius 1 is 0.296 bits per heavy atom. The first-order valence-corrected chi connectivity index (χ1v) is 53.9. The van der Waals surface area contributed by atoms with Crippen LogP contribution in [0.25, 0.3) is 110 Å². The number of methoxy groups -OCH3 is 4. The standard InChI is InChI=1S/C58H46GeO2.2C26H21O.C6H6Ge.2ClH.Zr/c1-36-34-51-43(53-39-22-10-16-30-47(39)57(60-3)48-31-17-11-23-40(48)53)26-8-14-28-45(51)55(36)59(38-20-6-5-7-21-38)56-37(2)35-52-44(27-9-15-29-46(52)56)54-41-24-12-18-32-49(41)58(61-4)50-33-19-13-25-42(50)54;2*1-17-15-18-9-3-4-12-21(24(18)16-17)25-19-10-5-7-13-22(19)26(27-2)23-14-8-6-11-20(23)25;7-6-4-2-1-3-5-6;;;/h5-35,43-44,59H,1-4H3;2*3-16,21H,1-2H3;1-5,7H;2*1H;/q-2;2*-1;;;;+2/p-2. The van der Waals surface area contributed by atoms with E-state index in [0.29, 0.717) is 0 Å². The predicted molar refractivity (Wildman–Crippen MR) is 537 cm³/mol. The number of aryl methyl sites for hydroxylation is 4. The monoisotopic (exact) mass is 1860 g/mol. The quantitative estimate of drug-likeness (QED) is 0.0735. The van der Waals surface area contributed by atoms with Crippen LogP contribution in [0.3, 0.4) is 0 Å². The van der Waals surface area contributed by atoms with E-state index in [0.717, 1.165) is 44.5 Å². The predicted octanol–water partition coefficient (Wildman–Crippen LogP) is 27.1. The first-order valence-electron chi connectivity index (χ1n) is 42.7. The Morgan fingerprint density at radius 3 is 0.776 bits per heavy atom. The molecule has 4 unspecified atom stereocenters. The van der Waals surface area contributed by atoms with Gasteiger partial charge in [-0.3, -0.25) is 0 Å². The van der Waals surface area contributed by atoms with Crippen LogP contribution >= 0.6 is 17.0 Å². The van der Waals surface area contributed by atoms with Crippen LogP contribution in [0, 0.1) is 27.7 Å². The van der Waals surface area contributed by atoms with Crippen LogP contribution in [-0.2, 0) is 20.8 Å². The third-order valence-electron chi connectivity index (χ3n) is 25.3. The van der Waals surface area contributed by atoms with Crippen molar-refractivity contribution in [2.24, 2.45) is 0 Å². The molecular formula is C116H94Cl2Ge2O4Zr-4. The molecule has 4 nitrogen and oxygen atoms in total. The van der Waals surface area contributed by atoms with E-state index >= 15 is 0 Å². The molecule has 4 aliphatic rings. The van der Waals surface area contributed by atoms with E-state index in [1.165, 1.54) is 162 Å². The molecule has 0 N–H and O–H groups in total. The Kier molecular flexibility index (Phi) is 25.3. The van der Waals surface area contributed by atoms with E-state index in [4.69, 9.17) is 36.0 Å². The van der Waals surface area contributed by atoms with Gasteiger partial charge in [-0.2, -0.15) is 34.4 Å². The third kappa shape index (κ3) is 16.0. The topological polar surface area (TPSA) is 36.9 Å². The summed E-state index contributed by atoms with van der Waals surface area (Å²) in [5, 5.41) is 19.3. The first-order chi connectivity index (χ1) is 61.4. The van der Waals surface area contributed by atoms with Crippen molar-refractivity contribution < 1.29 is 39.8 Å². The molecule has 0 aromatic heterocycles. The van der Waals surface area contributed by atoms with Gasteiger partial charge in [-0.25, -0.2) is 0 Å². The molecule has 22 rings (SSSR count). The minimum absolute atomic E-state index is 0.0555. The summed E-state index contributed by atoms with van der Waals surface area (Å²) < 4.78 is 30.0. The molecule has 0 spiro atoms. The number of hydrogen-bond donors (Lipinski definition) is 0. The first kappa shape index (κ1) is 84.1. The van der Waals surface area contributed by atoms with Crippen molar-refractivity contribution in [3.63, 3.8) is 0 Å². The van der Waals surface area contributed by atoms with Gasteiger partial charge in [-0.05, 0) is 44.5 Å². The molecular weight excluding hydrogens is 1760 g/mol. The van der Waals surface area contributed by atoms with Gasteiger partial charge in [-0.15, -0.1) is 47.6 Å². The zero-order valence-corrected chi connectivity index (χ0v) is 80.1. The Morgan fingerprint density at radius 2 is 0.528 bits per heavy atom. The van der Waals surface area contributed by atoms with Crippen LogP contribution in [0.15, 0.2) is 364 Å². The number of allylic oxidation sites excluding steroid dienone is 12. The number of rotatable bonds is 11. The minimum atomic E-state index is -2.87. The molecule has 612 valence electrons. The molecule has 4 aliphatic carbocycles. The van der Waals surface area contributed by atoms with Gasteiger partial charge in [-0.1, -0.05) is 135 Å². The van der Waals surface area contributed by atoms with Crippen molar-refractivity contribution in [3.05, 3.63) is 453 Å². The van der Waals surface area contributed by atoms with Crippen LogP contribution in [0.4, 0.5) is 0 Å². The summed E-state index contributed by atoms with van der Waals surface area (Å²) in [5.74, 6) is 4.33. The Balaban J connectivity index is 0.000000136. The van der Waals surface area contributed by atoms with Gasteiger partial charge in [0.25, 0.3) is 0 Å². The van der Waals surface area contributed by atoms with E-state index in [1.54, 1.807) is 53.7 Å². The number of benzene rings is 14. The summed E-state index contributed by atoms with van der Waals surface area (Å²) in [6.45, 7) is 9.09. The molecule has 4 atom stereocenters. The fourth-order valence-electron chi connectivity index (χ4n) is 20.4. The van der Waals surface area contributed by atoms with Crippen LogP contribution in [0.1, 0.15) is 113 Å². The van der Waals surface area contributed by atoms with Gasteiger partial charge < -0.3 is 9.47 Å².